The SMILES string of the molecule is C1CSCS1.CCN1CCOCC1. The molecule has 0 bridgehead atoms. The van der Waals surface area contributed by atoms with Gasteiger partial charge in [0.2, 0.25) is 0 Å². The van der Waals surface area contributed by atoms with Gasteiger partial charge in [0.1, 0.15) is 0 Å². The van der Waals surface area contributed by atoms with E-state index < -0.39 is 0 Å². The molecule has 0 saturated carbocycles. The molecule has 0 aliphatic carbocycles. The molecule has 2 aliphatic rings. The second-order valence-electron chi connectivity index (χ2n) is 2.98. The zero-order valence-corrected chi connectivity index (χ0v) is 9.96. The molecule has 2 saturated heterocycles. The molecule has 13 heavy (non-hydrogen) atoms. The standard InChI is InChI=1S/C6H13NO.C3H6S2/c1-2-7-3-5-8-6-4-7;1-2-5-3-4-1/h2-6H2,1H3;1-3H2. The molecule has 0 spiro atoms. The fourth-order valence-electron chi connectivity index (χ4n) is 1.21. The number of rotatable bonds is 1. The normalized spacial score (nSPS) is 23.8. The zero-order valence-electron chi connectivity index (χ0n) is 8.33. The van der Waals surface area contributed by atoms with Crippen LogP contribution in [0.1, 0.15) is 6.92 Å². The summed E-state index contributed by atoms with van der Waals surface area (Å²) in [6, 6.07) is 0. The number of likely N-dealkylation sites (N-methyl/N-ethyl adjacent to an activating group) is 1. The van der Waals surface area contributed by atoms with E-state index in [1.165, 1.54) is 23.1 Å². The van der Waals surface area contributed by atoms with Crippen molar-refractivity contribution in [3.8, 4) is 0 Å². The van der Waals surface area contributed by atoms with E-state index in [4.69, 9.17) is 4.74 Å². The third-order valence-corrected chi connectivity index (χ3v) is 4.67. The molecular weight excluding hydrogens is 202 g/mol. The Morgan fingerprint density at radius 3 is 2.08 bits per heavy atom. The van der Waals surface area contributed by atoms with Gasteiger partial charge in [0.15, 0.2) is 0 Å². The fraction of sp³-hybridized carbons (Fsp3) is 1.00. The number of hydrogen-bond acceptors (Lipinski definition) is 4. The lowest BCUT2D eigenvalue weighted by atomic mass is 10.4. The van der Waals surface area contributed by atoms with E-state index in [-0.39, 0.29) is 0 Å². The van der Waals surface area contributed by atoms with Gasteiger partial charge in [0.05, 0.1) is 13.2 Å². The summed E-state index contributed by atoms with van der Waals surface area (Å²) in [5, 5.41) is 1.33. The summed E-state index contributed by atoms with van der Waals surface area (Å²) in [7, 11) is 0. The molecule has 0 aromatic rings. The first kappa shape index (κ1) is 11.7. The smallest absolute Gasteiger partial charge is 0.0594 e. The first-order valence-corrected chi connectivity index (χ1v) is 7.20. The highest BCUT2D eigenvalue weighted by atomic mass is 32.2. The quantitative estimate of drug-likeness (QED) is 0.668. The van der Waals surface area contributed by atoms with Crippen molar-refractivity contribution in [2.75, 3.05) is 49.4 Å². The van der Waals surface area contributed by atoms with Crippen LogP contribution in [0.4, 0.5) is 0 Å². The maximum Gasteiger partial charge on any atom is 0.0594 e. The van der Waals surface area contributed by atoms with Crippen LogP contribution in [0, 0.1) is 0 Å². The highest BCUT2D eigenvalue weighted by Gasteiger charge is 2.05. The predicted octanol–water partition coefficient (Wildman–Crippen LogP) is 1.76. The molecule has 4 heteroatoms. The molecular formula is C9H19NOS2. The van der Waals surface area contributed by atoms with Crippen molar-refractivity contribution in [2.24, 2.45) is 0 Å². The summed E-state index contributed by atoms with van der Waals surface area (Å²) in [5.41, 5.74) is 0. The summed E-state index contributed by atoms with van der Waals surface area (Å²) in [5.74, 6) is 2.76. The van der Waals surface area contributed by atoms with Gasteiger partial charge in [-0.2, -0.15) is 23.5 Å². The van der Waals surface area contributed by atoms with Gasteiger partial charge in [-0.25, -0.2) is 0 Å². The van der Waals surface area contributed by atoms with Gasteiger partial charge in [0, 0.05) is 29.7 Å². The van der Waals surface area contributed by atoms with Gasteiger partial charge < -0.3 is 4.74 Å². The number of morpholine rings is 1. The second kappa shape index (κ2) is 7.97. The first-order valence-electron chi connectivity index (χ1n) is 4.89. The number of hydrogen-bond donors (Lipinski definition) is 0. The third kappa shape index (κ3) is 5.83. The predicted molar refractivity (Wildman–Crippen MR) is 62.7 cm³/mol. The van der Waals surface area contributed by atoms with Gasteiger partial charge in [-0.1, -0.05) is 6.92 Å². The van der Waals surface area contributed by atoms with Gasteiger partial charge in [-0.15, -0.1) is 0 Å². The highest BCUT2D eigenvalue weighted by Crippen LogP contribution is 2.20. The molecule has 0 amide bonds. The van der Waals surface area contributed by atoms with Crippen LogP contribution in [0.25, 0.3) is 0 Å². The molecule has 2 rings (SSSR count). The average molecular weight is 221 g/mol. The van der Waals surface area contributed by atoms with Crippen LogP contribution < -0.4 is 0 Å². The molecule has 0 radical (unpaired) electrons. The van der Waals surface area contributed by atoms with E-state index in [1.54, 1.807) is 0 Å². The van der Waals surface area contributed by atoms with Crippen molar-refractivity contribution in [1.29, 1.82) is 0 Å². The van der Waals surface area contributed by atoms with Crippen molar-refractivity contribution in [3.05, 3.63) is 0 Å². The summed E-state index contributed by atoms with van der Waals surface area (Å²) in [4.78, 5) is 2.39. The summed E-state index contributed by atoms with van der Waals surface area (Å²) < 4.78 is 5.16. The van der Waals surface area contributed by atoms with E-state index in [9.17, 15) is 0 Å². The van der Waals surface area contributed by atoms with Crippen LogP contribution in [0.2, 0.25) is 0 Å². The Kier molecular flexibility index (Phi) is 7.17. The Labute approximate surface area is 89.8 Å². The molecule has 0 aromatic heterocycles. The Morgan fingerprint density at radius 2 is 1.77 bits per heavy atom. The maximum atomic E-state index is 5.16. The molecule has 0 atom stereocenters. The van der Waals surface area contributed by atoms with Gasteiger partial charge in [0.25, 0.3) is 0 Å². The van der Waals surface area contributed by atoms with Crippen LogP contribution in [-0.2, 0) is 4.74 Å². The monoisotopic (exact) mass is 221 g/mol. The average Bonchev–Trinajstić information content (AvgIpc) is 2.77. The zero-order chi connectivity index (χ0) is 9.36. The minimum atomic E-state index is 0.924. The summed E-state index contributed by atoms with van der Waals surface area (Å²) >= 11 is 4.07. The molecule has 2 nitrogen and oxygen atoms in total. The first-order chi connectivity index (χ1) is 6.43. The van der Waals surface area contributed by atoms with Crippen LogP contribution in [0.5, 0.6) is 0 Å². The molecule has 2 heterocycles. The molecule has 0 unspecified atom stereocenters. The van der Waals surface area contributed by atoms with Gasteiger partial charge in [-0.3, -0.25) is 4.90 Å². The third-order valence-electron chi connectivity index (χ3n) is 2.09. The summed E-state index contributed by atoms with van der Waals surface area (Å²) in [6.45, 7) is 7.45. The molecule has 0 aromatic carbocycles. The minimum absolute atomic E-state index is 0.924. The largest absolute Gasteiger partial charge is 0.379 e. The fourth-order valence-corrected chi connectivity index (χ4v) is 3.57. The van der Waals surface area contributed by atoms with Crippen LogP contribution in [0.3, 0.4) is 0 Å². The van der Waals surface area contributed by atoms with Crippen molar-refractivity contribution in [1.82, 2.24) is 4.90 Å². The van der Waals surface area contributed by atoms with Gasteiger partial charge in [-0.05, 0) is 6.54 Å². The van der Waals surface area contributed by atoms with Crippen molar-refractivity contribution in [2.45, 2.75) is 6.92 Å². The Morgan fingerprint density at radius 1 is 1.15 bits per heavy atom. The topological polar surface area (TPSA) is 12.5 Å². The lowest BCUT2D eigenvalue weighted by Gasteiger charge is -2.24. The number of ether oxygens (including phenoxy) is 1. The van der Waals surface area contributed by atoms with E-state index in [0.717, 1.165) is 26.3 Å². The Hall–Kier alpha value is 0.620. The molecule has 0 N–H and O–H groups in total. The van der Waals surface area contributed by atoms with E-state index in [2.05, 4.69) is 11.8 Å². The maximum absolute atomic E-state index is 5.16. The van der Waals surface area contributed by atoms with Crippen molar-refractivity contribution >= 4 is 23.5 Å². The lowest BCUT2D eigenvalue weighted by molar-refractivity contribution is 0.0405. The van der Waals surface area contributed by atoms with Crippen LogP contribution >= 0.6 is 23.5 Å². The molecule has 2 fully saturated rings. The highest BCUT2D eigenvalue weighted by molar-refractivity contribution is 8.19. The van der Waals surface area contributed by atoms with E-state index >= 15 is 0 Å². The van der Waals surface area contributed by atoms with Crippen molar-refractivity contribution in [3.63, 3.8) is 0 Å². The van der Waals surface area contributed by atoms with Crippen molar-refractivity contribution < 1.29 is 4.74 Å². The summed E-state index contributed by atoms with van der Waals surface area (Å²) in [6.07, 6.45) is 0. The Bertz CT molecular complexity index is 107. The Balaban J connectivity index is 0.000000145. The molecule has 78 valence electrons. The van der Waals surface area contributed by atoms with Crippen LogP contribution in [0.15, 0.2) is 0 Å². The lowest BCUT2D eigenvalue weighted by Crippen LogP contribution is -2.35. The van der Waals surface area contributed by atoms with E-state index in [1.807, 2.05) is 23.5 Å². The number of nitrogens with zero attached hydrogens (tertiary/aromatic N) is 1. The minimum Gasteiger partial charge on any atom is -0.379 e. The molecule has 2 aliphatic heterocycles. The van der Waals surface area contributed by atoms with E-state index in [0.29, 0.717) is 0 Å². The number of thioether (sulfide) groups is 2. The van der Waals surface area contributed by atoms with Gasteiger partial charge >= 0.3 is 0 Å². The van der Waals surface area contributed by atoms with Crippen LogP contribution in [-0.4, -0.2) is 54.3 Å². The second-order valence-corrected chi connectivity index (χ2v) is 5.56.